The summed E-state index contributed by atoms with van der Waals surface area (Å²) in [6, 6.07) is 6.01. The minimum absolute atomic E-state index is 0.0542. The zero-order chi connectivity index (χ0) is 14.0. The number of aryl methyl sites for hydroxylation is 1. The summed E-state index contributed by atoms with van der Waals surface area (Å²) in [7, 11) is 4.02. The molecule has 104 valence electrons. The third kappa shape index (κ3) is 2.89. The van der Waals surface area contributed by atoms with Crippen molar-refractivity contribution in [3.8, 4) is 0 Å². The lowest BCUT2D eigenvalue weighted by atomic mass is 9.99. The summed E-state index contributed by atoms with van der Waals surface area (Å²) in [5, 5.41) is 6.30. The van der Waals surface area contributed by atoms with E-state index in [0.29, 0.717) is 0 Å². The molecule has 4 heteroatoms. The summed E-state index contributed by atoms with van der Waals surface area (Å²) < 4.78 is 0. The van der Waals surface area contributed by atoms with Crippen LogP contribution >= 0.6 is 0 Å². The topological polar surface area (TPSA) is 44.4 Å². The molecule has 1 aliphatic rings. The summed E-state index contributed by atoms with van der Waals surface area (Å²) in [5.41, 5.74) is 2.76. The highest BCUT2D eigenvalue weighted by molar-refractivity contribution is 5.98. The number of carbonyl (C=O) groups is 1. The molecule has 0 spiro atoms. The Morgan fingerprint density at radius 1 is 1.42 bits per heavy atom. The van der Waals surface area contributed by atoms with Crippen molar-refractivity contribution in [1.82, 2.24) is 5.32 Å². The van der Waals surface area contributed by atoms with Crippen LogP contribution in [0.25, 0.3) is 0 Å². The van der Waals surface area contributed by atoms with Gasteiger partial charge in [-0.05, 0) is 50.9 Å². The van der Waals surface area contributed by atoms with Crippen LogP contribution in [0.15, 0.2) is 18.2 Å². The molecule has 1 fully saturated rings. The average molecular weight is 261 g/mol. The largest absolute Gasteiger partial charge is 0.377 e. The van der Waals surface area contributed by atoms with E-state index in [1.165, 1.54) is 5.56 Å². The molecule has 19 heavy (non-hydrogen) atoms. The minimum Gasteiger partial charge on any atom is -0.377 e. The van der Waals surface area contributed by atoms with Crippen molar-refractivity contribution < 1.29 is 4.79 Å². The third-order valence-corrected chi connectivity index (χ3v) is 3.82. The highest BCUT2D eigenvalue weighted by Crippen LogP contribution is 2.25. The van der Waals surface area contributed by atoms with Crippen molar-refractivity contribution in [2.45, 2.75) is 32.2 Å². The normalized spacial score (nSPS) is 22.3. The molecule has 0 bridgehead atoms. The van der Waals surface area contributed by atoms with E-state index < -0.39 is 5.54 Å². The van der Waals surface area contributed by atoms with Crippen molar-refractivity contribution >= 4 is 17.3 Å². The molecule has 0 aromatic heterocycles. The first-order valence-corrected chi connectivity index (χ1v) is 6.77. The van der Waals surface area contributed by atoms with Gasteiger partial charge in [0.2, 0.25) is 5.91 Å². The van der Waals surface area contributed by atoms with Gasteiger partial charge in [-0.3, -0.25) is 4.79 Å². The molecular formula is C15H23N3O. The van der Waals surface area contributed by atoms with Crippen molar-refractivity contribution in [1.29, 1.82) is 0 Å². The molecule has 0 radical (unpaired) electrons. The second-order valence-corrected chi connectivity index (χ2v) is 5.71. The number of rotatable bonds is 3. The highest BCUT2D eigenvalue weighted by atomic mass is 16.2. The van der Waals surface area contributed by atoms with E-state index in [9.17, 15) is 4.79 Å². The number of nitrogens with one attached hydrogen (secondary N) is 2. The van der Waals surface area contributed by atoms with Gasteiger partial charge in [-0.15, -0.1) is 0 Å². The standard InChI is InChI=1S/C15H23N3O/c1-11-6-7-12(10-13(11)18(3)4)17-14(19)15(2)8-5-9-16-15/h6-7,10,16H,5,8-9H2,1-4H3,(H,17,19). The number of hydrogen-bond acceptors (Lipinski definition) is 3. The Bertz CT molecular complexity index is 476. The Morgan fingerprint density at radius 2 is 2.16 bits per heavy atom. The van der Waals surface area contributed by atoms with Gasteiger partial charge in [-0.1, -0.05) is 6.07 Å². The lowest BCUT2D eigenvalue weighted by molar-refractivity contribution is -0.121. The molecule has 1 aromatic carbocycles. The van der Waals surface area contributed by atoms with E-state index >= 15 is 0 Å². The quantitative estimate of drug-likeness (QED) is 0.876. The Morgan fingerprint density at radius 3 is 2.74 bits per heavy atom. The summed E-state index contributed by atoms with van der Waals surface area (Å²) >= 11 is 0. The maximum Gasteiger partial charge on any atom is 0.244 e. The predicted octanol–water partition coefficient (Wildman–Crippen LogP) is 2.14. The molecule has 0 saturated carbocycles. The summed E-state index contributed by atoms with van der Waals surface area (Å²) in [4.78, 5) is 14.4. The van der Waals surface area contributed by atoms with Crippen LogP contribution in [0.1, 0.15) is 25.3 Å². The van der Waals surface area contributed by atoms with Crippen LogP contribution in [-0.2, 0) is 4.79 Å². The molecule has 1 aliphatic heterocycles. The Hall–Kier alpha value is -1.55. The van der Waals surface area contributed by atoms with Crippen LogP contribution in [0.2, 0.25) is 0 Å². The van der Waals surface area contributed by atoms with Gasteiger partial charge in [0.05, 0.1) is 5.54 Å². The molecule has 2 N–H and O–H groups in total. The molecule has 4 nitrogen and oxygen atoms in total. The van der Waals surface area contributed by atoms with Gasteiger partial charge in [-0.2, -0.15) is 0 Å². The minimum atomic E-state index is -0.427. The molecule has 1 unspecified atom stereocenters. The summed E-state index contributed by atoms with van der Waals surface area (Å²) in [6.07, 6.45) is 1.95. The number of hydrogen-bond donors (Lipinski definition) is 2. The zero-order valence-corrected chi connectivity index (χ0v) is 12.2. The SMILES string of the molecule is Cc1ccc(NC(=O)C2(C)CCCN2)cc1N(C)C. The molecule has 1 amide bonds. The number of amides is 1. The first kappa shape index (κ1) is 13.9. The Labute approximate surface area is 115 Å². The zero-order valence-electron chi connectivity index (χ0n) is 12.2. The predicted molar refractivity (Wildman–Crippen MR) is 79.8 cm³/mol. The molecule has 1 aromatic rings. The number of carbonyl (C=O) groups excluding carboxylic acids is 1. The van der Waals surface area contributed by atoms with Gasteiger partial charge in [0.25, 0.3) is 0 Å². The van der Waals surface area contributed by atoms with Gasteiger partial charge in [0.15, 0.2) is 0 Å². The first-order valence-electron chi connectivity index (χ1n) is 6.77. The monoisotopic (exact) mass is 261 g/mol. The highest BCUT2D eigenvalue weighted by Gasteiger charge is 2.35. The van der Waals surface area contributed by atoms with E-state index in [-0.39, 0.29) is 5.91 Å². The van der Waals surface area contributed by atoms with Gasteiger partial charge < -0.3 is 15.5 Å². The van der Waals surface area contributed by atoms with E-state index in [2.05, 4.69) is 22.5 Å². The van der Waals surface area contributed by atoms with Crippen LogP contribution in [-0.4, -0.2) is 32.1 Å². The maximum absolute atomic E-state index is 12.3. The fourth-order valence-electron chi connectivity index (χ4n) is 2.53. The fourth-order valence-corrected chi connectivity index (χ4v) is 2.53. The number of anilines is 2. The van der Waals surface area contributed by atoms with E-state index in [0.717, 1.165) is 30.8 Å². The lowest BCUT2D eigenvalue weighted by Crippen LogP contribution is -2.47. The molecule has 0 aliphatic carbocycles. The molecule has 1 atom stereocenters. The van der Waals surface area contributed by atoms with Gasteiger partial charge >= 0.3 is 0 Å². The van der Waals surface area contributed by atoms with Crippen LogP contribution in [0.4, 0.5) is 11.4 Å². The van der Waals surface area contributed by atoms with Crippen molar-refractivity contribution in [2.24, 2.45) is 0 Å². The molecular weight excluding hydrogens is 238 g/mol. The third-order valence-electron chi connectivity index (χ3n) is 3.82. The van der Waals surface area contributed by atoms with E-state index in [4.69, 9.17) is 0 Å². The van der Waals surface area contributed by atoms with E-state index in [1.807, 2.05) is 39.2 Å². The van der Waals surface area contributed by atoms with E-state index in [1.54, 1.807) is 0 Å². The van der Waals surface area contributed by atoms with Crippen molar-refractivity contribution in [3.63, 3.8) is 0 Å². The smallest absolute Gasteiger partial charge is 0.244 e. The van der Waals surface area contributed by atoms with Crippen LogP contribution in [0.3, 0.4) is 0 Å². The summed E-state index contributed by atoms with van der Waals surface area (Å²) in [5.74, 6) is 0.0542. The fraction of sp³-hybridized carbons (Fsp3) is 0.533. The Kier molecular flexibility index (Phi) is 3.80. The Balaban J connectivity index is 2.15. The van der Waals surface area contributed by atoms with Crippen molar-refractivity contribution in [3.05, 3.63) is 23.8 Å². The maximum atomic E-state index is 12.3. The molecule has 2 rings (SSSR count). The summed E-state index contributed by atoms with van der Waals surface area (Å²) in [6.45, 7) is 4.96. The molecule has 1 saturated heterocycles. The van der Waals surface area contributed by atoms with Gasteiger partial charge in [-0.25, -0.2) is 0 Å². The van der Waals surface area contributed by atoms with Gasteiger partial charge in [0.1, 0.15) is 0 Å². The van der Waals surface area contributed by atoms with Crippen LogP contribution < -0.4 is 15.5 Å². The second-order valence-electron chi connectivity index (χ2n) is 5.71. The van der Waals surface area contributed by atoms with Crippen molar-refractivity contribution in [2.75, 3.05) is 30.9 Å². The number of nitrogens with zero attached hydrogens (tertiary/aromatic N) is 1. The average Bonchev–Trinajstić information content (AvgIpc) is 2.79. The van der Waals surface area contributed by atoms with Crippen LogP contribution in [0.5, 0.6) is 0 Å². The second kappa shape index (κ2) is 5.21. The molecule has 1 heterocycles. The number of benzene rings is 1. The van der Waals surface area contributed by atoms with Crippen LogP contribution in [0, 0.1) is 6.92 Å². The first-order chi connectivity index (χ1) is 8.92. The van der Waals surface area contributed by atoms with Gasteiger partial charge in [0, 0.05) is 25.5 Å². The lowest BCUT2D eigenvalue weighted by Gasteiger charge is -2.24.